The van der Waals surface area contributed by atoms with Gasteiger partial charge in [-0.15, -0.1) is 0 Å². The third-order valence-corrected chi connectivity index (χ3v) is 3.68. The van der Waals surface area contributed by atoms with E-state index in [9.17, 15) is 0 Å². The van der Waals surface area contributed by atoms with Crippen LogP contribution in [-0.2, 0) is 0 Å². The number of aromatic nitrogens is 1. The summed E-state index contributed by atoms with van der Waals surface area (Å²) < 4.78 is 0. The molecule has 0 saturated carbocycles. The third-order valence-electron chi connectivity index (χ3n) is 3.68. The van der Waals surface area contributed by atoms with Gasteiger partial charge in [-0.3, -0.25) is 4.98 Å². The van der Waals surface area contributed by atoms with Crippen LogP contribution in [0.25, 0.3) is 10.8 Å². The molecule has 0 fully saturated rings. The minimum atomic E-state index is 0.252. The van der Waals surface area contributed by atoms with Gasteiger partial charge < -0.3 is 5.32 Å². The topological polar surface area (TPSA) is 24.9 Å². The number of benzene rings is 2. The van der Waals surface area contributed by atoms with E-state index in [4.69, 9.17) is 0 Å². The van der Waals surface area contributed by atoms with Crippen molar-refractivity contribution in [2.75, 3.05) is 5.32 Å². The second-order valence-electron chi connectivity index (χ2n) is 5.16. The summed E-state index contributed by atoms with van der Waals surface area (Å²) in [5.74, 6) is 0. The smallest absolute Gasteiger partial charge is 0.0561 e. The highest BCUT2D eigenvalue weighted by atomic mass is 14.9. The van der Waals surface area contributed by atoms with Gasteiger partial charge in [0, 0.05) is 12.2 Å². The molecule has 0 bridgehead atoms. The number of pyridine rings is 1. The molecule has 1 aromatic heterocycles. The molecular weight excluding hydrogens is 244 g/mol. The lowest BCUT2D eigenvalue weighted by Crippen LogP contribution is -2.07. The molecule has 2 nitrogen and oxygen atoms in total. The van der Waals surface area contributed by atoms with Crippen LogP contribution in [0, 0.1) is 6.92 Å². The van der Waals surface area contributed by atoms with Crippen molar-refractivity contribution in [3.8, 4) is 0 Å². The van der Waals surface area contributed by atoms with Crippen LogP contribution in [0.15, 0.2) is 60.9 Å². The number of hydrogen-bond donors (Lipinski definition) is 1. The Balaban J connectivity index is 1.89. The molecule has 1 N–H and O–H groups in total. The van der Waals surface area contributed by atoms with Gasteiger partial charge in [0.15, 0.2) is 0 Å². The Hall–Kier alpha value is -2.35. The van der Waals surface area contributed by atoms with Crippen molar-refractivity contribution in [2.45, 2.75) is 19.9 Å². The molecule has 20 heavy (non-hydrogen) atoms. The van der Waals surface area contributed by atoms with Gasteiger partial charge in [-0.2, -0.15) is 0 Å². The van der Waals surface area contributed by atoms with Crippen LogP contribution in [0.2, 0.25) is 0 Å². The number of nitrogens with one attached hydrogen (secondary N) is 1. The van der Waals surface area contributed by atoms with E-state index in [0.717, 1.165) is 5.69 Å². The van der Waals surface area contributed by atoms with Crippen molar-refractivity contribution in [3.05, 3.63) is 72.1 Å². The van der Waals surface area contributed by atoms with Crippen LogP contribution in [0.3, 0.4) is 0 Å². The Kier molecular flexibility index (Phi) is 3.38. The largest absolute Gasteiger partial charge is 0.377 e. The van der Waals surface area contributed by atoms with Crippen LogP contribution in [0.5, 0.6) is 0 Å². The van der Waals surface area contributed by atoms with E-state index in [-0.39, 0.29) is 6.04 Å². The number of anilines is 1. The van der Waals surface area contributed by atoms with E-state index in [2.05, 4.69) is 66.6 Å². The Morgan fingerprint density at radius 2 is 1.80 bits per heavy atom. The van der Waals surface area contributed by atoms with Gasteiger partial charge in [0.25, 0.3) is 0 Å². The lowest BCUT2D eigenvalue weighted by atomic mass is 10.0. The molecule has 0 aliphatic carbocycles. The number of rotatable bonds is 3. The minimum absolute atomic E-state index is 0.252. The van der Waals surface area contributed by atoms with Crippen molar-refractivity contribution in [2.24, 2.45) is 0 Å². The maximum Gasteiger partial charge on any atom is 0.0561 e. The molecule has 0 radical (unpaired) electrons. The van der Waals surface area contributed by atoms with Gasteiger partial charge in [-0.05, 0) is 47.9 Å². The van der Waals surface area contributed by atoms with Gasteiger partial charge in [0.05, 0.1) is 11.9 Å². The number of aryl methyl sites for hydroxylation is 1. The first-order chi connectivity index (χ1) is 9.74. The minimum Gasteiger partial charge on any atom is -0.377 e. The van der Waals surface area contributed by atoms with Gasteiger partial charge in [0.2, 0.25) is 0 Å². The second-order valence-corrected chi connectivity index (χ2v) is 5.16. The van der Waals surface area contributed by atoms with Crippen molar-refractivity contribution >= 4 is 16.5 Å². The van der Waals surface area contributed by atoms with E-state index >= 15 is 0 Å². The molecule has 100 valence electrons. The third kappa shape index (κ3) is 2.50. The molecular formula is C18H18N2. The van der Waals surface area contributed by atoms with E-state index in [1.54, 1.807) is 0 Å². The Morgan fingerprint density at radius 3 is 2.60 bits per heavy atom. The van der Waals surface area contributed by atoms with Crippen LogP contribution in [-0.4, -0.2) is 4.98 Å². The SMILES string of the molecule is Cc1ccncc1NC(C)c1ccc2ccccc2c1. The summed E-state index contributed by atoms with van der Waals surface area (Å²) >= 11 is 0. The number of hydrogen-bond acceptors (Lipinski definition) is 2. The first-order valence-corrected chi connectivity index (χ1v) is 6.90. The first-order valence-electron chi connectivity index (χ1n) is 6.90. The summed E-state index contributed by atoms with van der Waals surface area (Å²) in [5, 5.41) is 6.09. The summed E-state index contributed by atoms with van der Waals surface area (Å²) in [6.45, 7) is 4.27. The van der Waals surface area contributed by atoms with Crippen LogP contribution < -0.4 is 5.32 Å². The summed E-state index contributed by atoms with van der Waals surface area (Å²) in [4.78, 5) is 4.18. The van der Waals surface area contributed by atoms with Crippen molar-refractivity contribution in [3.63, 3.8) is 0 Å². The molecule has 0 spiro atoms. The predicted molar refractivity (Wildman–Crippen MR) is 85.0 cm³/mol. The van der Waals surface area contributed by atoms with Crippen LogP contribution in [0.4, 0.5) is 5.69 Å². The number of nitrogens with zero attached hydrogens (tertiary/aromatic N) is 1. The average molecular weight is 262 g/mol. The normalized spacial score (nSPS) is 12.3. The maximum absolute atomic E-state index is 4.18. The Labute approximate surface area is 119 Å². The van der Waals surface area contributed by atoms with Crippen molar-refractivity contribution in [1.29, 1.82) is 0 Å². The van der Waals surface area contributed by atoms with Gasteiger partial charge in [0.1, 0.15) is 0 Å². The lowest BCUT2D eigenvalue weighted by molar-refractivity contribution is 0.882. The molecule has 0 saturated heterocycles. The first kappa shape index (κ1) is 12.7. The van der Waals surface area contributed by atoms with Crippen LogP contribution in [0.1, 0.15) is 24.1 Å². The fourth-order valence-corrected chi connectivity index (χ4v) is 2.41. The van der Waals surface area contributed by atoms with Crippen molar-refractivity contribution in [1.82, 2.24) is 4.98 Å². The molecule has 0 aliphatic rings. The fourth-order valence-electron chi connectivity index (χ4n) is 2.41. The highest BCUT2D eigenvalue weighted by Gasteiger charge is 2.07. The molecule has 1 heterocycles. The Morgan fingerprint density at radius 1 is 1.00 bits per heavy atom. The van der Waals surface area contributed by atoms with Gasteiger partial charge in [-0.1, -0.05) is 36.4 Å². The highest BCUT2D eigenvalue weighted by Crippen LogP contribution is 2.24. The van der Waals surface area contributed by atoms with Gasteiger partial charge >= 0.3 is 0 Å². The predicted octanol–water partition coefficient (Wildman–Crippen LogP) is 4.72. The Bertz CT molecular complexity index is 734. The second kappa shape index (κ2) is 5.33. The summed E-state index contributed by atoms with van der Waals surface area (Å²) in [5.41, 5.74) is 3.59. The monoisotopic (exact) mass is 262 g/mol. The molecule has 0 aliphatic heterocycles. The highest BCUT2D eigenvalue weighted by molar-refractivity contribution is 5.83. The molecule has 1 atom stereocenters. The summed E-state index contributed by atoms with van der Waals surface area (Å²) in [7, 11) is 0. The molecule has 2 aromatic carbocycles. The maximum atomic E-state index is 4.18. The molecule has 3 aromatic rings. The quantitative estimate of drug-likeness (QED) is 0.739. The zero-order chi connectivity index (χ0) is 13.9. The average Bonchev–Trinajstić information content (AvgIpc) is 2.49. The summed E-state index contributed by atoms with van der Waals surface area (Å²) in [6, 6.07) is 17.3. The van der Waals surface area contributed by atoms with Crippen molar-refractivity contribution < 1.29 is 0 Å². The summed E-state index contributed by atoms with van der Waals surface area (Å²) in [6.07, 6.45) is 3.70. The molecule has 3 rings (SSSR count). The van der Waals surface area contributed by atoms with E-state index in [1.807, 2.05) is 18.5 Å². The van der Waals surface area contributed by atoms with E-state index in [1.165, 1.54) is 21.9 Å². The molecule has 1 unspecified atom stereocenters. The van der Waals surface area contributed by atoms with E-state index in [0.29, 0.717) is 0 Å². The van der Waals surface area contributed by atoms with Crippen LogP contribution >= 0.6 is 0 Å². The lowest BCUT2D eigenvalue weighted by Gasteiger charge is -2.17. The zero-order valence-corrected chi connectivity index (χ0v) is 11.8. The zero-order valence-electron chi connectivity index (χ0n) is 11.8. The number of fused-ring (bicyclic) bond motifs is 1. The molecule has 2 heteroatoms. The molecule has 0 amide bonds. The standard InChI is InChI=1S/C18H18N2/c1-13-9-10-19-12-18(13)20-14(2)16-8-7-15-5-3-4-6-17(15)11-16/h3-12,14,20H,1-2H3. The fraction of sp³-hybridized carbons (Fsp3) is 0.167. The van der Waals surface area contributed by atoms with E-state index < -0.39 is 0 Å². The van der Waals surface area contributed by atoms with Gasteiger partial charge in [-0.25, -0.2) is 0 Å².